The normalized spacial score (nSPS) is 15.7. The summed E-state index contributed by atoms with van der Waals surface area (Å²) in [5, 5.41) is 9.30. The molecule has 0 saturated carbocycles. The predicted octanol–water partition coefficient (Wildman–Crippen LogP) is 5.92. The Hall–Kier alpha value is -4.20. The van der Waals surface area contributed by atoms with Crippen molar-refractivity contribution in [3.05, 3.63) is 82.7 Å². The summed E-state index contributed by atoms with van der Waals surface area (Å²) >= 11 is 4.42. The number of benzene rings is 2. The van der Waals surface area contributed by atoms with Gasteiger partial charge in [-0.05, 0) is 48.2 Å². The van der Waals surface area contributed by atoms with Crippen molar-refractivity contribution in [2.24, 2.45) is 0 Å². The molecule has 43 heavy (non-hydrogen) atoms. The smallest absolute Gasteiger partial charge is 0.262 e. The molecule has 7 rings (SSSR count). The van der Waals surface area contributed by atoms with E-state index in [-0.39, 0.29) is 24.5 Å². The number of likely N-dealkylation sites (tertiary alicyclic amines) is 1. The van der Waals surface area contributed by atoms with Crippen LogP contribution >= 0.6 is 34.4 Å². The van der Waals surface area contributed by atoms with Crippen LogP contribution in [0.3, 0.4) is 0 Å². The lowest BCUT2D eigenvalue weighted by atomic mass is 10.0. The van der Waals surface area contributed by atoms with Gasteiger partial charge in [0.05, 0.1) is 17.1 Å². The molecule has 1 aliphatic heterocycles. The molecule has 4 aromatic heterocycles. The van der Waals surface area contributed by atoms with Gasteiger partial charge in [-0.2, -0.15) is 0 Å². The molecular weight excluding hydrogens is 605 g/mol. The number of imidazole rings is 1. The monoisotopic (exact) mass is 630 g/mol. The number of aromatic nitrogens is 4. The second kappa shape index (κ2) is 11.8. The first-order valence-corrected chi connectivity index (χ1v) is 16.6. The Balaban J connectivity index is 1.09. The molecule has 218 valence electrons. The Morgan fingerprint density at radius 2 is 2.02 bits per heavy atom. The number of para-hydroxylation sites is 1. The fraction of sp³-hybridized carbons (Fsp3) is 0.233. The van der Waals surface area contributed by atoms with Crippen LogP contribution in [0, 0.1) is 0 Å². The number of carbonyl (C=O) groups is 2. The number of ether oxygens (including phenoxy) is 1. The summed E-state index contributed by atoms with van der Waals surface area (Å²) in [5.74, 6) is 0.540. The molecule has 0 unspecified atom stereocenters. The van der Waals surface area contributed by atoms with Crippen LogP contribution in [0.25, 0.3) is 27.6 Å². The molecule has 13 heteroatoms. The molecule has 1 N–H and O–H groups in total. The number of amides is 2. The van der Waals surface area contributed by atoms with Crippen molar-refractivity contribution in [1.29, 1.82) is 0 Å². The number of fused-ring (bicyclic) bond motifs is 2. The Kier molecular flexibility index (Phi) is 7.59. The molecule has 2 atom stereocenters. The summed E-state index contributed by atoms with van der Waals surface area (Å²) in [7, 11) is 0. The Bertz CT molecular complexity index is 1870. The zero-order valence-electron chi connectivity index (χ0n) is 23.0. The average Bonchev–Trinajstić information content (AvgIpc) is 3.86. The minimum atomic E-state index is -0.802. The highest BCUT2D eigenvalue weighted by atomic mass is 32.2. The number of hydrogen-bond donors (Lipinski definition) is 1. The lowest BCUT2D eigenvalue weighted by Gasteiger charge is -2.29. The van der Waals surface area contributed by atoms with Gasteiger partial charge in [0.25, 0.3) is 5.91 Å². The molecule has 0 bridgehead atoms. The molecule has 1 saturated heterocycles. The highest BCUT2D eigenvalue weighted by Crippen LogP contribution is 2.32. The van der Waals surface area contributed by atoms with Gasteiger partial charge in [-0.15, -0.1) is 16.4 Å². The third kappa shape index (κ3) is 5.51. The summed E-state index contributed by atoms with van der Waals surface area (Å²) in [6.07, 6.45) is 5.43. The van der Waals surface area contributed by atoms with Crippen LogP contribution in [0.15, 0.2) is 81.0 Å². The lowest BCUT2D eigenvalue weighted by molar-refractivity contribution is -0.134. The summed E-state index contributed by atoms with van der Waals surface area (Å²) in [6.45, 7) is 0.877. The van der Waals surface area contributed by atoms with Crippen molar-refractivity contribution in [3.63, 3.8) is 0 Å². The zero-order valence-corrected chi connectivity index (χ0v) is 25.5. The van der Waals surface area contributed by atoms with E-state index in [1.165, 1.54) is 22.7 Å². The molecule has 6 aromatic rings. The average molecular weight is 631 g/mol. The van der Waals surface area contributed by atoms with Crippen LogP contribution in [0.4, 0.5) is 0 Å². The first-order valence-electron chi connectivity index (χ1n) is 13.7. The SMILES string of the molecule is CSc1nn2cc(-c3nc4c(OC[C@H]5CCCN5C(=O)[C@H](NC(=O)c5cccs5)c5ccccc5)cccc4o3)nc2s1. The third-order valence-electron chi connectivity index (χ3n) is 7.29. The van der Waals surface area contributed by atoms with Gasteiger partial charge in [0.15, 0.2) is 15.4 Å². The van der Waals surface area contributed by atoms with E-state index in [2.05, 4.69) is 15.4 Å². The van der Waals surface area contributed by atoms with Crippen LogP contribution < -0.4 is 10.1 Å². The van der Waals surface area contributed by atoms with Crippen LogP contribution in [0.2, 0.25) is 0 Å². The lowest BCUT2D eigenvalue weighted by Crippen LogP contribution is -2.46. The van der Waals surface area contributed by atoms with Gasteiger partial charge in [0, 0.05) is 6.54 Å². The van der Waals surface area contributed by atoms with Crippen molar-refractivity contribution in [2.75, 3.05) is 19.4 Å². The number of nitrogens with zero attached hydrogens (tertiary/aromatic N) is 5. The molecule has 2 aromatic carbocycles. The zero-order chi connectivity index (χ0) is 29.3. The van der Waals surface area contributed by atoms with E-state index >= 15 is 0 Å². The van der Waals surface area contributed by atoms with E-state index in [0.717, 1.165) is 27.7 Å². The summed E-state index contributed by atoms with van der Waals surface area (Å²) in [4.78, 5) is 39.4. The maximum Gasteiger partial charge on any atom is 0.262 e. The van der Waals surface area contributed by atoms with Gasteiger partial charge in [-0.3, -0.25) is 9.59 Å². The van der Waals surface area contributed by atoms with Crippen molar-refractivity contribution in [1.82, 2.24) is 29.8 Å². The van der Waals surface area contributed by atoms with Crippen molar-refractivity contribution in [2.45, 2.75) is 29.3 Å². The standard InChI is InChI=1S/C30H26N6O4S3/c1-41-30-34-36-16-20(31-29(36)43-30)27-33-25-21(11-5-12-22(25)40-27)39-17-19-10-6-14-35(19)28(38)24(18-8-3-2-4-9-18)32-26(37)23-13-7-15-42-23/h2-5,7-9,11-13,15-16,19,24H,6,10,14,17H2,1H3,(H,32,37)/t19-,24-/m1/s1. The minimum Gasteiger partial charge on any atom is -0.489 e. The fourth-order valence-electron chi connectivity index (χ4n) is 5.21. The number of carbonyl (C=O) groups excluding carboxylic acids is 2. The maximum atomic E-state index is 14.0. The largest absolute Gasteiger partial charge is 0.489 e. The maximum absolute atomic E-state index is 14.0. The van der Waals surface area contributed by atoms with E-state index in [1.54, 1.807) is 28.5 Å². The highest BCUT2D eigenvalue weighted by Gasteiger charge is 2.35. The van der Waals surface area contributed by atoms with Gasteiger partial charge >= 0.3 is 0 Å². The molecule has 0 spiro atoms. The summed E-state index contributed by atoms with van der Waals surface area (Å²) in [5.41, 5.74) is 2.51. The molecule has 1 fully saturated rings. The van der Waals surface area contributed by atoms with Crippen LogP contribution in [0.1, 0.15) is 34.1 Å². The van der Waals surface area contributed by atoms with E-state index in [1.807, 2.05) is 71.1 Å². The van der Waals surface area contributed by atoms with Gasteiger partial charge in [-0.25, -0.2) is 14.5 Å². The number of thiophene rings is 1. The summed E-state index contributed by atoms with van der Waals surface area (Å²) in [6, 6.07) is 17.5. The van der Waals surface area contributed by atoms with Crippen LogP contribution in [-0.4, -0.2) is 61.7 Å². The number of thioether (sulfide) groups is 1. The number of nitrogens with one attached hydrogen (secondary N) is 1. The van der Waals surface area contributed by atoms with E-state index in [0.29, 0.717) is 39.9 Å². The topological polar surface area (TPSA) is 115 Å². The van der Waals surface area contributed by atoms with E-state index in [4.69, 9.17) is 14.1 Å². The first-order chi connectivity index (χ1) is 21.1. The fourth-order valence-corrected chi connectivity index (χ4v) is 7.18. The second-order valence-electron chi connectivity index (χ2n) is 9.98. The first kappa shape index (κ1) is 27.6. The van der Waals surface area contributed by atoms with Gasteiger partial charge in [-0.1, -0.05) is 65.6 Å². The number of oxazole rings is 1. The number of hydrogen-bond acceptors (Lipinski definition) is 10. The predicted molar refractivity (Wildman–Crippen MR) is 167 cm³/mol. The number of rotatable bonds is 9. The molecule has 5 heterocycles. The van der Waals surface area contributed by atoms with Crippen molar-refractivity contribution >= 4 is 62.3 Å². The Morgan fingerprint density at radius 3 is 2.81 bits per heavy atom. The summed E-state index contributed by atoms with van der Waals surface area (Å²) < 4.78 is 15.0. The Morgan fingerprint density at radius 1 is 1.14 bits per heavy atom. The second-order valence-corrected chi connectivity index (χ2v) is 12.9. The highest BCUT2D eigenvalue weighted by molar-refractivity contribution is 8.00. The molecule has 10 nitrogen and oxygen atoms in total. The minimum absolute atomic E-state index is 0.151. The quantitative estimate of drug-likeness (QED) is 0.196. The third-order valence-corrected chi connectivity index (χ3v) is 10.1. The molecular formula is C30H26N6O4S3. The van der Waals surface area contributed by atoms with Crippen LogP contribution in [-0.2, 0) is 4.79 Å². The van der Waals surface area contributed by atoms with Crippen LogP contribution in [0.5, 0.6) is 5.75 Å². The van der Waals surface area contributed by atoms with E-state index in [9.17, 15) is 9.59 Å². The van der Waals surface area contributed by atoms with Gasteiger partial charge in [0.2, 0.25) is 16.8 Å². The molecule has 0 aliphatic carbocycles. The van der Waals surface area contributed by atoms with Crippen molar-refractivity contribution in [3.8, 4) is 17.3 Å². The van der Waals surface area contributed by atoms with Gasteiger partial charge < -0.3 is 19.4 Å². The molecule has 1 aliphatic rings. The molecule has 2 amide bonds. The van der Waals surface area contributed by atoms with Gasteiger partial charge in [0.1, 0.15) is 24.1 Å². The molecule has 0 radical (unpaired) electrons. The van der Waals surface area contributed by atoms with Crippen molar-refractivity contribution < 1.29 is 18.7 Å². The Labute approximate surface area is 258 Å². The van der Waals surface area contributed by atoms with E-state index < -0.39 is 6.04 Å².